The molecule has 0 saturated heterocycles. The summed E-state index contributed by atoms with van der Waals surface area (Å²) in [6, 6.07) is 7.37. The molecule has 0 amide bonds. The van der Waals surface area contributed by atoms with Crippen molar-refractivity contribution in [3.8, 4) is 5.75 Å². The van der Waals surface area contributed by atoms with Crippen LogP contribution in [0.15, 0.2) is 30.3 Å². The zero-order valence-electron chi connectivity index (χ0n) is 8.20. The summed E-state index contributed by atoms with van der Waals surface area (Å²) in [5, 5.41) is 9.44. The Morgan fingerprint density at radius 1 is 1.38 bits per heavy atom. The lowest BCUT2D eigenvalue weighted by atomic mass is 10.1. The van der Waals surface area contributed by atoms with Crippen LogP contribution < -0.4 is 0 Å². The lowest BCUT2D eigenvalue weighted by Gasteiger charge is -2.01. The fourth-order valence-electron chi connectivity index (χ4n) is 1.03. The number of benzene rings is 1. The number of phenols is 1. The van der Waals surface area contributed by atoms with Crippen molar-refractivity contribution in [3.63, 3.8) is 0 Å². The summed E-state index contributed by atoms with van der Waals surface area (Å²) in [5.74, 6) is 0.918. The number of hydrogen-bond donors (Lipinski definition) is 1. The Labute approximate surface area is 79.7 Å². The molecule has 1 nitrogen and oxygen atoms in total. The van der Waals surface area contributed by atoms with Gasteiger partial charge in [-0.05, 0) is 12.0 Å². The highest BCUT2D eigenvalue weighted by atomic mass is 16.3. The van der Waals surface area contributed by atoms with Crippen molar-refractivity contribution < 1.29 is 5.11 Å². The fourth-order valence-corrected chi connectivity index (χ4v) is 1.03. The van der Waals surface area contributed by atoms with E-state index in [4.69, 9.17) is 0 Å². The molecule has 0 heterocycles. The van der Waals surface area contributed by atoms with Gasteiger partial charge in [0, 0.05) is 5.56 Å². The lowest BCUT2D eigenvalue weighted by Crippen LogP contribution is -1.84. The first kappa shape index (κ1) is 9.85. The normalized spacial score (nSPS) is 13.4. The third-order valence-corrected chi connectivity index (χ3v) is 2.19. The molecular weight excluding hydrogens is 160 g/mol. The maximum absolute atomic E-state index is 9.44. The summed E-state index contributed by atoms with van der Waals surface area (Å²) in [6.07, 6.45) is 5.22. The monoisotopic (exact) mass is 176 g/mol. The van der Waals surface area contributed by atoms with Gasteiger partial charge in [0.05, 0.1) is 0 Å². The van der Waals surface area contributed by atoms with Gasteiger partial charge < -0.3 is 5.11 Å². The highest BCUT2D eigenvalue weighted by Gasteiger charge is 1.95. The molecule has 0 fully saturated rings. The van der Waals surface area contributed by atoms with Crippen LogP contribution in [0.5, 0.6) is 5.75 Å². The van der Waals surface area contributed by atoms with Gasteiger partial charge >= 0.3 is 0 Å². The van der Waals surface area contributed by atoms with Crippen molar-refractivity contribution in [1.29, 1.82) is 0 Å². The molecule has 0 aliphatic carbocycles. The van der Waals surface area contributed by atoms with Crippen LogP contribution in [-0.4, -0.2) is 5.11 Å². The van der Waals surface area contributed by atoms with Crippen molar-refractivity contribution in [2.45, 2.75) is 20.3 Å². The molecule has 0 saturated carbocycles. The predicted octanol–water partition coefficient (Wildman–Crippen LogP) is 3.45. The second kappa shape index (κ2) is 4.70. The van der Waals surface area contributed by atoms with Crippen LogP contribution in [0.3, 0.4) is 0 Å². The van der Waals surface area contributed by atoms with Crippen LogP contribution in [0, 0.1) is 5.92 Å². The molecule has 1 rings (SSSR count). The summed E-state index contributed by atoms with van der Waals surface area (Å²) < 4.78 is 0. The van der Waals surface area contributed by atoms with Gasteiger partial charge in [-0.2, -0.15) is 0 Å². The Hall–Kier alpha value is -1.24. The number of allylic oxidation sites excluding steroid dienone is 1. The van der Waals surface area contributed by atoms with E-state index in [1.54, 1.807) is 6.07 Å². The second-order valence-corrected chi connectivity index (χ2v) is 3.30. The van der Waals surface area contributed by atoms with Gasteiger partial charge in [-0.3, -0.25) is 0 Å². The Bertz CT molecular complexity index is 289. The van der Waals surface area contributed by atoms with E-state index < -0.39 is 0 Å². The van der Waals surface area contributed by atoms with E-state index in [2.05, 4.69) is 19.9 Å². The minimum absolute atomic E-state index is 0.349. The molecule has 1 atom stereocenters. The topological polar surface area (TPSA) is 20.2 Å². The number of phenolic OH excluding ortho intramolecular Hbond substituents is 1. The summed E-state index contributed by atoms with van der Waals surface area (Å²) in [5.41, 5.74) is 0.891. The Morgan fingerprint density at radius 3 is 2.69 bits per heavy atom. The van der Waals surface area contributed by atoms with Gasteiger partial charge in [0.1, 0.15) is 5.75 Å². The molecule has 1 N–H and O–H groups in total. The highest BCUT2D eigenvalue weighted by Crippen LogP contribution is 2.18. The molecule has 0 radical (unpaired) electrons. The van der Waals surface area contributed by atoms with Crippen LogP contribution in [0.1, 0.15) is 25.8 Å². The Balaban J connectivity index is 2.74. The summed E-state index contributed by atoms with van der Waals surface area (Å²) in [7, 11) is 0. The molecule has 0 bridgehead atoms. The van der Waals surface area contributed by atoms with Crippen molar-refractivity contribution in [2.75, 3.05) is 0 Å². The Morgan fingerprint density at radius 2 is 2.08 bits per heavy atom. The smallest absolute Gasteiger partial charge is 0.122 e. The maximum atomic E-state index is 9.44. The van der Waals surface area contributed by atoms with Crippen LogP contribution in [0.4, 0.5) is 0 Å². The largest absolute Gasteiger partial charge is 0.507 e. The van der Waals surface area contributed by atoms with Crippen LogP contribution in [0.25, 0.3) is 6.08 Å². The third-order valence-electron chi connectivity index (χ3n) is 2.19. The molecule has 1 aromatic carbocycles. The zero-order valence-corrected chi connectivity index (χ0v) is 8.20. The van der Waals surface area contributed by atoms with Gasteiger partial charge in [-0.1, -0.05) is 50.6 Å². The molecule has 0 aliphatic heterocycles. The van der Waals surface area contributed by atoms with E-state index in [9.17, 15) is 5.11 Å². The molecule has 70 valence electrons. The first-order valence-corrected chi connectivity index (χ1v) is 4.70. The molecule has 1 unspecified atom stereocenters. The highest BCUT2D eigenvalue weighted by molar-refractivity contribution is 5.56. The maximum Gasteiger partial charge on any atom is 0.122 e. The van der Waals surface area contributed by atoms with Crippen molar-refractivity contribution in [2.24, 2.45) is 5.92 Å². The van der Waals surface area contributed by atoms with Crippen molar-refractivity contribution in [3.05, 3.63) is 35.9 Å². The standard InChI is InChI=1S/C12H16O/c1-3-10(2)8-9-11-6-4-5-7-12(11)13/h4-10,13H,3H2,1-2H3. The molecular formula is C12H16O. The summed E-state index contributed by atoms with van der Waals surface area (Å²) in [4.78, 5) is 0. The van der Waals surface area contributed by atoms with Gasteiger partial charge in [-0.15, -0.1) is 0 Å². The van der Waals surface area contributed by atoms with E-state index in [1.807, 2.05) is 24.3 Å². The molecule has 1 heteroatoms. The quantitative estimate of drug-likeness (QED) is 0.747. The average Bonchev–Trinajstić information content (AvgIpc) is 2.16. The lowest BCUT2D eigenvalue weighted by molar-refractivity contribution is 0.474. The van der Waals surface area contributed by atoms with Crippen LogP contribution >= 0.6 is 0 Å². The van der Waals surface area contributed by atoms with E-state index in [1.165, 1.54) is 0 Å². The number of aromatic hydroxyl groups is 1. The third kappa shape index (κ3) is 2.94. The van der Waals surface area contributed by atoms with Gasteiger partial charge in [0.2, 0.25) is 0 Å². The SMILES string of the molecule is CCC(C)C=Cc1ccccc1O. The Kier molecular flexibility index (Phi) is 3.56. The molecule has 0 spiro atoms. The van der Waals surface area contributed by atoms with Crippen LogP contribution in [-0.2, 0) is 0 Å². The van der Waals surface area contributed by atoms with Gasteiger partial charge in [-0.25, -0.2) is 0 Å². The first-order chi connectivity index (χ1) is 6.24. The number of para-hydroxylation sites is 1. The van der Waals surface area contributed by atoms with E-state index in [-0.39, 0.29) is 0 Å². The van der Waals surface area contributed by atoms with Crippen molar-refractivity contribution >= 4 is 6.08 Å². The first-order valence-electron chi connectivity index (χ1n) is 4.70. The second-order valence-electron chi connectivity index (χ2n) is 3.30. The number of rotatable bonds is 3. The van der Waals surface area contributed by atoms with E-state index in [0.29, 0.717) is 11.7 Å². The van der Waals surface area contributed by atoms with E-state index in [0.717, 1.165) is 12.0 Å². The molecule has 13 heavy (non-hydrogen) atoms. The minimum atomic E-state index is 0.349. The fraction of sp³-hybridized carbons (Fsp3) is 0.333. The summed E-state index contributed by atoms with van der Waals surface area (Å²) in [6.45, 7) is 4.32. The zero-order chi connectivity index (χ0) is 9.68. The van der Waals surface area contributed by atoms with Crippen LogP contribution in [0.2, 0.25) is 0 Å². The van der Waals surface area contributed by atoms with Gasteiger partial charge in [0.25, 0.3) is 0 Å². The predicted molar refractivity (Wildman–Crippen MR) is 56.6 cm³/mol. The number of hydrogen-bond acceptors (Lipinski definition) is 1. The van der Waals surface area contributed by atoms with Gasteiger partial charge in [0.15, 0.2) is 0 Å². The molecule has 0 aromatic heterocycles. The molecule has 1 aromatic rings. The summed E-state index contributed by atoms with van der Waals surface area (Å²) >= 11 is 0. The molecule has 0 aliphatic rings. The minimum Gasteiger partial charge on any atom is -0.507 e. The van der Waals surface area contributed by atoms with E-state index >= 15 is 0 Å². The average molecular weight is 176 g/mol. The van der Waals surface area contributed by atoms with Crippen molar-refractivity contribution in [1.82, 2.24) is 0 Å².